The van der Waals surface area contributed by atoms with Gasteiger partial charge in [-0.3, -0.25) is 0 Å². The highest BCUT2D eigenvalue weighted by atomic mass is 35.5. The maximum Gasteiger partial charge on any atom is 0.323 e. The molecule has 2 N–H and O–H groups in total. The Morgan fingerprint density at radius 2 is 1.63 bits per heavy atom. The van der Waals surface area contributed by atoms with E-state index < -0.39 is 11.8 Å². The summed E-state index contributed by atoms with van der Waals surface area (Å²) in [5.41, 5.74) is 1.86. The van der Waals surface area contributed by atoms with E-state index in [4.69, 9.17) is 16.3 Å². The number of nitrogens with zero attached hydrogens (tertiary/aromatic N) is 2. The van der Waals surface area contributed by atoms with Crippen LogP contribution in [-0.4, -0.2) is 16.0 Å². The van der Waals surface area contributed by atoms with Crippen molar-refractivity contribution >= 4 is 29.0 Å². The molecule has 1 heterocycles. The van der Waals surface area contributed by atoms with E-state index in [1.165, 1.54) is 12.1 Å². The van der Waals surface area contributed by atoms with Crippen LogP contribution in [0.1, 0.15) is 11.4 Å². The third-order valence-electron chi connectivity index (χ3n) is 3.65. The fourth-order valence-corrected chi connectivity index (χ4v) is 2.55. The number of aryl methyl sites for hydroxylation is 2. The van der Waals surface area contributed by atoms with E-state index in [2.05, 4.69) is 20.6 Å². The molecule has 0 unspecified atom stereocenters. The summed E-state index contributed by atoms with van der Waals surface area (Å²) < 4.78 is 19.1. The summed E-state index contributed by atoms with van der Waals surface area (Å²) in [7, 11) is 0. The summed E-state index contributed by atoms with van der Waals surface area (Å²) in [5.74, 6) is -0.494. The molecule has 0 aliphatic rings. The van der Waals surface area contributed by atoms with Crippen LogP contribution in [-0.2, 0) is 0 Å². The lowest BCUT2D eigenvalue weighted by molar-refractivity contribution is 0.262. The highest BCUT2D eigenvalue weighted by molar-refractivity contribution is 6.33. The number of halogens is 2. The van der Waals surface area contributed by atoms with E-state index >= 15 is 0 Å². The monoisotopic (exact) mass is 386 g/mol. The highest BCUT2D eigenvalue weighted by Crippen LogP contribution is 2.26. The van der Waals surface area contributed by atoms with E-state index in [9.17, 15) is 9.18 Å². The van der Waals surface area contributed by atoms with Crippen LogP contribution in [0.3, 0.4) is 0 Å². The molecule has 0 fully saturated rings. The second-order valence-corrected chi connectivity index (χ2v) is 6.05. The van der Waals surface area contributed by atoms with Gasteiger partial charge in [0.05, 0.1) is 27.8 Å². The number of aromatic nitrogens is 2. The number of benzene rings is 2. The lowest BCUT2D eigenvalue weighted by Crippen LogP contribution is -2.21. The second kappa shape index (κ2) is 8.01. The Labute approximate surface area is 160 Å². The van der Waals surface area contributed by atoms with Crippen molar-refractivity contribution < 1.29 is 13.9 Å². The molecule has 0 saturated carbocycles. The van der Waals surface area contributed by atoms with E-state index in [1.54, 1.807) is 50.2 Å². The van der Waals surface area contributed by atoms with Gasteiger partial charge in [0.1, 0.15) is 0 Å². The number of para-hydroxylation sites is 2. The Bertz CT molecular complexity index is 974. The van der Waals surface area contributed by atoms with Crippen LogP contribution in [0, 0.1) is 19.7 Å². The van der Waals surface area contributed by atoms with E-state index in [-0.39, 0.29) is 11.8 Å². The third kappa shape index (κ3) is 4.51. The Kier molecular flexibility index (Phi) is 5.52. The van der Waals surface area contributed by atoms with Crippen molar-refractivity contribution in [1.82, 2.24) is 9.97 Å². The average Bonchev–Trinajstić information content (AvgIpc) is 2.62. The Hall–Kier alpha value is -3.19. The lowest BCUT2D eigenvalue weighted by atomic mass is 10.3. The molecule has 0 saturated heterocycles. The number of amides is 2. The maximum atomic E-state index is 13.7. The predicted octanol–water partition coefficient (Wildman–Crippen LogP) is 5.32. The molecule has 1 aromatic heterocycles. The first kappa shape index (κ1) is 18.6. The molecule has 138 valence electrons. The normalized spacial score (nSPS) is 10.4. The number of rotatable bonds is 4. The van der Waals surface area contributed by atoms with Gasteiger partial charge in [-0.2, -0.15) is 9.97 Å². The van der Waals surface area contributed by atoms with Crippen molar-refractivity contribution in [2.45, 2.75) is 13.8 Å². The topological polar surface area (TPSA) is 76.1 Å². The van der Waals surface area contributed by atoms with Crippen molar-refractivity contribution in [3.8, 4) is 11.8 Å². The molecule has 2 amide bonds. The number of urea groups is 1. The predicted molar refractivity (Wildman–Crippen MR) is 102 cm³/mol. The van der Waals surface area contributed by atoms with Crippen LogP contribution < -0.4 is 15.4 Å². The molecule has 0 aliphatic carbocycles. The molecule has 0 bridgehead atoms. The molecule has 3 rings (SSSR count). The van der Waals surface area contributed by atoms with Gasteiger partial charge in [-0.15, -0.1) is 0 Å². The fourth-order valence-electron chi connectivity index (χ4n) is 2.37. The molecule has 27 heavy (non-hydrogen) atoms. The van der Waals surface area contributed by atoms with Crippen LogP contribution in [0.25, 0.3) is 0 Å². The molecule has 0 atom stereocenters. The van der Waals surface area contributed by atoms with Crippen LogP contribution in [0.15, 0.2) is 48.5 Å². The highest BCUT2D eigenvalue weighted by Gasteiger charge is 2.14. The van der Waals surface area contributed by atoms with Gasteiger partial charge >= 0.3 is 12.0 Å². The lowest BCUT2D eigenvalue weighted by Gasteiger charge is -2.13. The zero-order valence-corrected chi connectivity index (χ0v) is 15.3. The van der Waals surface area contributed by atoms with Crippen molar-refractivity contribution in [3.63, 3.8) is 0 Å². The largest absolute Gasteiger partial charge is 0.421 e. The second-order valence-electron chi connectivity index (χ2n) is 5.64. The molecule has 0 aliphatic heterocycles. The Morgan fingerprint density at radius 3 is 2.30 bits per heavy atom. The average molecular weight is 387 g/mol. The molecule has 3 aromatic rings. The summed E-state index contributed by atoms with van der Waals surface area (Å²) >= 11 is 6.03. The standard InChI is InChI=1S/C19H16ClFN4O2/c1-11-17(25-18(26)24-15-9-5-3-7-13(15)20)12(2)23-19(22-11)27-16-10-6-4-8-14(16)21/h3-10H,1-2H3,(H2,24,25,26). The Morgan fingerprint density at radius 1 is 1.00 bits per heavy atom. The SMILES string of the molecule is Cc1nc(Oc2ccccc2F)nc(C)c1NC(=O)Nc1ccccc1Cl. The quantitative estimate of drug-likeness (QED) is 0.636. The molecule has 8 heteroatoms. The summed E-state index contributed by atoms with van der Waals surface area (Å²) in [4.78, 5) is 20.6. The first-order valence-electron chi connectivity index (χ1n) is 8.04. The van der Waals surface area contributed by atoms with E-state index in [0.29, 0.717) is 27.8 Å². The van der Waals surface area contributed by atoms with Crippen molar-refractivity contribution in [3.05, 3.63) is 70.8 Å². The number of carbonyl (C=O) groups excluding carboxylic acids is 1. The van der Waals surface area contributed by atoms with Gasteiger partial charge in [0, 0.05) is 0 Å². The van der Waals surface area contributed by atoms with Crippen LogP contribution in [0.4, 0.5) is 20.6 Å². The van der Waals surface area contributed by atoms with Gasteiger partial charge in [-0.05, 0) is 38.1 Å². The summed E-state index contributed by atoms with van der Waals surface area (Å²) in [6, 6.07) is 12.4. The van der Waals surface area contributed by atoms with Crippen molar-refractivity contribution in [1.29, 1.82) is 0 Å². The van der Waals surface area contributed by atoms with Crippen molar-refractivity contribution in [2.24, 2.45) is 0 Å². The van der Waals surface area contributed by atoms with Crippen LogP contribution >= 0.6 is 11.6 Å². The van der Waals surface area contributed by atoms with Gasteiger partial charge < -0.3 is 15.4 Å². The van der Waals surface area contributed by atoms with E-state index in [1.807, 2.05) is 0 Å². The van der Waals surface area contributed by atoms with Crippen molar-refractivity contribution in [2.75, 3.05) is 10.6 Å². The summed E-state index contributed by atoms with van der Waals surface area (Å²) in [6.45, 7) is 3.38. The number of ether oxygens (including phenoxy) is 1. The number of hydrogen-bond donors (Lipinski definition) is 2. The molecule has 0 radical (unpaired) electrons. The summed E-state index contributed by atoms with van der Waals surface area (Å²) in [6.07, 6.45) is 0. The van der Waals surface area contributed by atoms with Crippen LogP contribution in [0.2, 0.25) is 5.02 Å². The molecule has 6 nitrogen and oxygen atoms in total. The van der Waals surface area contributed by atoms with E-state index in [0.717, 1.165) is 0 Å². The number of anilines is 2. The first-order chi connectivity index (χ1) is 12.9. The van der Waals surface area contributed by atoms with Gasteiger partial charge in [-0.1, -0.05) is 35.9 Å². The molecular weight excluding hydrogens is 371 g/mol. The molecule has 2 aromatic carbocycles. The number of carbonyl (C=O) groups is 1. The smallest absolute Gasteiger partial charge is 0.323 e. The Balaban J connectivity index is 1.76. The third-order valence-corrected chi connectivity index (χ3v) is 3.98. The molecular formula is C19H16ClFN4O2. The maximum absolute atomic E-state index is 13.7. The zero-order valence-electron chi connectivity index (χ0n) is 14.6. The molecule has 0 spiro atoms. The number of nitrogens with one attached hydrogen (secondary N) is 2. The minimum Gasteiger partial charge on any atom is -0.421 e. The zero-order chi connectivity index (χ0) is 19.4. The minimum atomic E-state index is -0.516. The number of hydrogen-bond acceptors (Lipinski definition) is 4. The minimum absolute atomic E-state index is 0.00726. The van der Waals surface area contributed by atoms with Gasteiger partial charge in [0.2, 0.25) is 0 Å². The summed E-state index contributed by atoms with van der Waals surface area (Å²) in [5, 5.41) is 5.77. The van der Waals surface area contributed by atoms with Crippen LogP contribution in [0.5, 0.6) is 11.8 Å². The van der Waals surface area contributed by atoms with Gasteiger partial charge in [0.15, 0.2) is 11.6 Å². The first-order valence-corrected chi connectivity index (χ1v) is 8.42. The van der Waals surface area contributed by atoms with Gasteiger partial charge in [-0.25, -0.2) is 9.18 Å². The van der Waals surface area contributed by atoms with Gasteiger partial charge in [0.25, 0.3) is 0 Å². The fraction of sp³-hybridized carbons (Fsp3) is 0.105.